The second-order valence-corrected chi connectivity index (χ2v) is 6.47. The van der Waals surface area contributed by atoms with E-state index < -0.39 is 35.2 Å². The quantitative estimate of drug-likeness (QED) is 0.781. The fourth-order valence-electron chi connectivity index (χ4n) is 2.14. The van der Waals surface area contributed by atoms with Crippen molar-refractivity contribution in [1.82, 2.24) is 10.2 Å². The third-order valence-electron chi connectivity index (χ3n) is 3.23. The first-order valence-electron chi connectivity index (χ1n) is 6.61. The van der Waals surface area contributed by atoms with E-state index in [2.05, 4.69) is 0 Å². The molecule has 0 unspecified atom stereocenters. The van der Waals surface area contributed by atoms with Gasteiger partial charge in [-0.05, 0) is 27.7 Å². The van der Waals surface area contributed by atoms with Gasteiger partial charge in [-0.1, -0.05) is 0 Å². The van der Waals surface area contributed by atoms with Crippen LogP contribution in [0.5, 0.6) is 0 Å². The van der Waals surface area contributed by atoms with Gasteiger partial charge in [0.2, 0.25) is 0 Å². The monoisotopic (exact) mass is 324 g/mol. The summed E-state index contributed by atoms with van der Waals surface area (Å²) in [4.78, 5) is 35.3. The van der Waals surface area contributed by atoms with Crippen LogP contribution in [0.25, 0.3) is 0 Å². The van der Waals surface area contributed by atoms with Crippen molar-refractivity contribution in [1.29, 1.82) is 0 Å². The van der Waals surface area contributed by atoms with Gasteiger partial charge in [-0.3, -0.25) is 4.79 Å². The number of amides is 2. The van der Waals surface area contributed by atoms with Crippen LogP contribution in [0.1, 0.15) is 27.7 Å². The lowest BCUT2D eigenvalue weighted by Crippen LogP contribution is -2.56. The molecule has 0 aromatic rings. The fourth-order valence-corrected chi connectivity index (χ4v) is 2.14. The lowest BCUT2D eigenvalue weighted by Gasteiger charge is -2.29. The molecule has 1 N–H and O–H groups in total. The SMILES string of the molecule is CC(C)(C)OC(=O)N1C[C@@H](C=O)[C@@](C)(NC(=O)C(F)(F)F)C1. The molecule has 2 atom stereocenters. The van der Waals surface area contributed by atoms with Gasteiger partial charge in [0.1, 0.15) is 11.9 Å². The normalized spacial score (nSPS) is 25.8. The van der Waals surface area contributed by atoms with Crippen molar-refractivity contribution in [3.8, 4) is 0 Å². The van der Waals surface area contributed by atoms with E-state index in [0.717, 1.165) is 4.90 Å². The van der Waals surface area contributed by atoms with Crippen LogP contribution in [-0.2, 0) is 14.3 Å². The largest absolute Gasteiger partial charge is 0.471 e. The molecule has 0 saturated carbocycles. The van der Waals surface area contributed by atoms with Gasteiger partial charge in [-0.25, -0.2) is 4.79 Å². The Balaban J connectivity index is 2.86. The summed E-state index contributed by atoms with van der Waals surface area (Å²) in [6.45, 7) is 5.86. The summed E-state index contributed by atoms with van der Waals surface area (Å²) in [6.07, 6.45) is -5.37. The molecule has 0 radical (unpaired) electrons. The van der Waals surface area contributed by atoms with Crippen LogP contribution in [0.15, 0.2) is 0 Å². The van der Waals surface area contributed by atoms with Crippen LogP contribution in [0.3, 0.4) is 0 Å². The molecule has 0 bridgehead atoms. The summed E-state index contributed by atoms with van der Waals surface area (Å²) >= 11 is 0. The number of ether oxygens (including phenoxy) is 1. The van der Waals surface area contributed by atoms with E-state index in [9.17, 15) is 27.6 Å². The highest BCUT2D eigenvalue weighted by Crippen LogP contribution is 2.29. The van der Waals surface area contributed by atoms with Crippen LogP contribution in [0.2, 0.25) is 0 Å². The molecular weight excluding hydrogens is 305 g/mol. The summed E-state index contributed by atoms with van der Waals surface area (Å²) in [6, 6.07) is 0. The highest BCUT2D eigenvalue weighted by atomic mass is 19.4. The lowest BCUT2D eigenvalue weighted by molar-refractivity contribution is -0.175. The van der Waals surface area contributed by atoms with Gasteiger partial charge in [0.15, 0.2) is 0 Å². The number of nitrogens with zero attached hydrogens (tertiary/aromatic N) is 1. The van der Waals surface area contributed by atoms with Crippen LogP contribution in [0, 0.1) is 5.92 Å². The van der Waals surface area contributed by atoms with Crippen LogP contribution >= 0.6 is 0 Å². The van der Waals surface area contributed by atoms with E-state index in [1.807, 2.05) is 0 Å². The van der Waals surface area contributed by atoms with Gasteiger partial charge in [0.05, 0.1) is 11.5 Å². The predicted molar refractivity (Wildman–Crippen MR) is 70.0 cm³/mol. The molecule has 1 aliphatic rings. The molecule has 126 valence electrons. The molecule has 9 heteroatoms. The Hall–Kier alpha value is -1.80. The fraction of sp³-hybridized carbons (Fsp3) is 0.769. The smallest absolute Gasteiger partial charge is 0.444 e. The summed E-state index contributed by atoms with van der Waals surface area (Å²) < 4.78 is 42.2. The Labute approximate surface area is 126 Å². The van der Waals surface area contributed by atoms with E-state index in [0.29, 0.717) is 6.29 Å². The number of rotatable bonds is 2. The minimum absolute atomic E-state index is 0.118. The Morgan fingerprint density at radius 1 is 1.32 bits per heavy atom. The Morgan fingerprint density at radius 2 is 1.86 bits per heavy atom. The molecular formula is C13H19F3N2O4. The number of likely N-dealkylation sites (tertiary alicyclic amines) is 1. The second kappa shape index (κ2) is 5.77. The van der Waals surface area contributed by atoms with Crippen molar-refractivity contribution >= 4 is 18.3 Å². The standard InChI is InChI=1S/C13H19F3N2O4/c1-11(2,3)22-10(21)18-5-8(6-19)12(4,7-18)17-9(20)13(14,15)16/h6,8H,5,7H2,1-4H3,(H,17,20)/t8-,12-/m0/s1. The van der Waals surface area contributed by atoms with Crippen LogP contribution in [0.4, 0.5) is 18.0 Å². The van der Waals surface area contributed by atoms with E-state index >= 15 is 0 Å². The number of alkyl halides is 3. The molecule has 1 saturated heterocycles. The van der Waals surface area contributed by atoms with Crippen molar-refractivity contribution in [3.63, 3.8) is 0 Å². The maximum atomic E-state index is 12.4. The van der Waals surface area contributed by atoms with Crippen molar-refractivity contribution in [2.75, 3.05) is 13.1 Å². The molecule has 0 spiro atoms. The highest BCUT2D eigenvalue weighted by Gasteiger charge is 2.50. The molecule has 1 rings (SSSR count). The van der Waals surface area contributed by atoms with Crippen molar-refractivity contribution in [3.05, 3.63) is 0 Å². The average molecular weight is 324 g/mol. The topological polar surface area (TPSA) is 75.7 Å². The molecule has 0 aromatic heterocycles. The lowest BCUT2D eigenvalue weighted by atomic mass is 9.90. The van der Waals surface area contributed by atoms with E-state index in [-0.39, 0.29) is 13.1 Å². The number of hydrogen-bond donors (Lipinski definition) is 1. The molecule has 2 amide bonds. The average Bonchev–Trinajstić information content (AvgIpc) is 2.62. The maximum Gasteiger partial charge on any atom is 0.471 e. The Kier molecular flexibility index (Phi) is 4.79. The summed E-state index contributed by atoms with van der Waals surface area (Å²) in [7, 11) is 0. The van der Waals surface area contributed by atoms with Gasteiger partial charge < -0.3 is 19.7 Å². The molecule has 22 heavy (non-hydrogen) atoms. The zero-order valence-electron chi connectivity index (χ0n) is 12.8. The summed E-state index contributed by atoms with van der Waals surface area (Å²) in [5, 5.41) is 1.80. The molecule has 1 fully saturated rings. The van der Waals surface area contributed by atoms with E-state index in [4.69, 9.17) is 4.74 Å². The number of halogens is 3. The Morgan fingerprint density at radius 3 is 2.27 bits per heavy atom. The van der Waals surface area contributed by atoms with Crippen molar-refractivity contribution < 1.29 is 32.3 Å². The Bertz CT molecular complexity index is 473. The van der Waals surface area contributed by atoms with E-state index in [1.54, 1.807) is 26.1 Å². The van der Waals surface area contributed by atoms with E-state index in [1.165, 1.54) is 6.92 Å². The van der Waals surface area contributed by atoms with Gasteiger partial charge in [-0.2, -0.15) is 13.2 Å². The first-order chi connectivity index (χ1) is 9.78. The van der Waals surface area contributed by atoms with Crippen LogP contribution < -0.4 is 5.32 Å². The minimum Gasteiger partial charge on any atom is -0.444 e. The van der Waals surface area contributed by atoms with Crippen LogP contribution in [-0.4, -0.2) is 53.6 Å². The predicted octanol–water partition coefficient (Wildman–Crippen LogP) is 1.49. The number of hydrogen-bond acceptors (Lipinski definition) is 4. The number of carbonyl (C=O) groups is 3. The zero-order valence-corrected chi connectivity index (χ0v) is 12.8. The number of carbonyl (C=O) groups excluding carboxylic acids is 3. The van der Waals surface area contributed by atoms with Gasteiger partial charge >= 0.3 is 18.2 Å². The molecule has 6 nitrogen and oxygen atoms in total. The molecule has 0 aliphatic carbocycles. The highest BCUT2D eigenvalue weighted by molar-refractivity contribution is 5.83. The zero-order chi connectivity index (χ0) is 17.3. The summed E-state index contributed by atoms with van der Waals surface area (Å²) in [5.74, 6) is -3.10. The molecule has 1 heterocycles. The minimum atomic E-state index is -5.06. The first kappa shape index (κ1) is 18.2. The number of aldehydes is 1. The first-order valence-corrected chi connectivity index (χ1v) is 6.61. The van der Waals surface area contributed by atoms with Gasteiger partial charge in [0, 0.05) is 13.1 Å². The third-order valence-corrected chi connectivity index (χ3v) is 3.23. The molecule has 0 aromatic carbocycles. The van der Waals surface area contributed by atoms with Crippen molar-refractivity contribution in [2.45, 2.75) is 45.0 Å². The second-order valence-electron chi connectivity index (χ2n) is 6.47. The van der Waals surface area contributed by atoms with Crippen molar-refractivity contribution in [2.24, 2.45) is 5.92 Å². The van der Waals surface area contributed by atoms with Gasteiger partial charge in [-0.15, -0.1) is 0 Å². The summed E-state index contributed by atoms with van der Waals surface area (Å²) in [5.41, 5.74) is -2.27. The number of nitrogens with one attached hydrogen (secondary N) is 1. The third kappa shape index (κ3) is 4.35. The molecule has 1 aliphatic heterocycles. The maximum absolute atomic E-state index is 12.4. The van der Waals surface area contributed by atoms with Gasteiger partial charge in [0.25, 0.3) is 0 Å².